The summed E-state index contributed by atoms with van der Waals surface area (Å²) >= 11 is 2.22. The van der Waals surface area contributed by atoms with E-state index in [1.807, 2.05) is 0 Å². The molecule has 2 nitrogen and oxygen atoms in total. The molecule has 2 aliphatic rings. The third-order valence-corrected chi connectivity index (χ3v) is 3.79. The summed E-state index contributed by atoms with van der Waals surface area (Å²) in [4.78, 5) is 10.9. The van der Waals surface area contributed by atoms with E-state index in [4.69, 9.17) is 4.74 Å². The second-order valence-corrected chi connectivity index (χ2v) is 4.77. The van der Waals surface area contributed by atoms with Crippen molar-refractivity contribution < 1.29 is 13.9 Å². The summed E-state index contributed by atoms with van der Waals surface area (Å²) in [5.41, 5.74) is -1.63. The first-order chi connectivity index (χ1) is 5.12. The lowest BCUT2D eigenvalue weighted by atomic mass is 9.88. The molecule has 0 spiro atoms. The smallest absolute Gasteiger partial charge is 0.344 e. The molecule has 1 heterocycles. The van der Waals surface area contributed by atoms with Crippen molar-refractivity contribution in [3.8, 4) is 0 Å². The molecule has 0 aromatic carbocycles. The Labute approximate surface area is 77.6 Å². The second-order valence-electron chi connectivity index (χ2n) is 3.17. The highest BCUT2D eigenvalue weighted by Gasteiger charge is 2.54. The SMILES string of the molecule is O=C1O[C@H]2C[C@]1(F)CC[C@@H]2I. The van der Waals surface area contributed by atoms with Crippen molar-refractivity contribution in [1.29, 1.82) is 0 Å². The zero-order chi connectivity index (χ0) is 8.06. The van der Waals surface area contributed by atoms with Crippen LogP contribution in [0.1, 0.15) is 19.3 Å². The summed E-state index contributed by atoms with van der Waals surface area (Å²) in [6.45, 7) is 0. The van der Waals surface area contributed by atoms with Crippen molar-refractivity contribution in [2.75, 3.05) is 0 Å². The van der Waals surface area contributed by atoms with Gasteiger partial charge in [-0.2, -0.15) is 0 Å². The van der Waals surface area contributed by atoms with Gasteiger partial charge in [-0.25, -0.2) is 9.18 Å². The van der Waals surface area contributed by atoms with E-state index >= 15 is 0 Å². The average Bonchev–Trinajstić information content (AvgIpc) is 2.20. The fraction of sp³-hybridized carbons (Fsp3) is 0.857. The second kappa shape index (κ2) is 2.31. The summed E-state index contributed by atoms with van der Waals surface area (Å²) in [5, 5.41) is 0. The molecule has 4 heteroatoms. The van der Waals surface area contributed by atoms with E-state index in [1.165, 1.54) is 0 Å². The minimum atomic E-state index is -1.63. The molecule has 0 unspecified atom stereocenters. The third-order valence-electron chi connectivity index (χ3n) is 2.37. The predicted molar refractivity (Wildman–Crippen MR) is 45.4 cm³/mol. The van der Waals surface area contributed by atoms with E-state index in [-0.39, 0.29) is 12.5 Å². The van der Waals surface area contributed by atoms with Crippen LogP contribution >= 0.6 is 22.6 Å². The van der Waals surface area contributed by atoms with Crippen molar-refractivity contribution in [2.24, 2.45) is 0 Å². The first-order valence-electron chi connectivity index (χ1n) is 3.66. The Morgan fingerprint density at radius 3 is 3.09 bits per heavy atom. The quantitative estimate of drug-likeness (QED) is 0.380. The number of carbonyl (C=O) groups excluding carboxylic acids is 1. The van der Waals surface area contributed by atoms with E-state index in [9.17, 15) is 9.18 Å². The summed E-state index contributed by atoms with van der Waals surface area (Å²) in [6.07, 6.45) is 1.21. The molecular formula is C7H8FIO2. The Kier molecular flexibility index (Phi) is 1.63. The van der Waals surface area contributed by atoms with Crippen LogP contribution in [0, 0.1) is 0 Å². The van der Waals surface area contributed by atoms with Gasteiger partial charge in [-0.05, 0) is 12.8 Å². The number of hydrogen-bond acceptors (Lipinski definition) is 2. The lowest BCUT2D eigenvalue weighted by molar-refractivity contribution is -0.148. The standard InChI is InChI=1S/C7H8FIO2/c8-7-2-1-4(9)5(3-7)11-6(7)10/h4-5H,1-3H2/t4-,5-,7+/m0/s1. The van der Waals surface area contributed by atoms with Crippen LogP contribution in [0.3, 0.4) is 0 Å². The molecule has 2 rings (SSSR count). The van der Waals surface area contributed by atoms with Gasteiger partial charge in [-0.1, -0.05) is 22.6 Å². The molecular weight excluding hydrogens is 262 g/mol. The number of alkyl halides is 2. The van der Waals surface area contributed by atoms with Gasteiger partial charge >= 0.3 is 5.97 Å². The first kappa shape index (κ1) is 7.76. The highest BCUT2D eigenvalue weighted by molar-refractivity contribution is 14.1. The van der Waals surface area contributed by atoms with E-state index in [0.717, 1.165) is 6.42 Å². The zero-order valence-corrected chi connectivity index (χ0v) is 8.01. The summed E-state index contributed by atoms with van der Waals surface area (Å²) in [6, 6.07) is 0. The molecule has 0 N–H and O–H groups in total. The zero-order valence-electron chi connectivity index (χ0n) is 5.85. The maximum Gasteiger partial charge on any atom is 0.344 e. The Bertz CT molecular complexity index is 209. The Morgan fingerprint density at radius 2 is 2.45 bits per heavy atom. The largest absolute Gasteiger partial charge is 0.459 e. The topological polar surface area (TPSA) is 26.3 Å². The molecule has 0 aromatic rings. The minimum Gasteiger partial charge on any atom is -0.459 e. The van der Waals surface area contributed by atoms with Gasteiger partial charge in [-0.15, -0.1) is 0 Å². The van der Waals surface area contributed by atoms with Gasteiger partial charge in [0.25, 0.3) is 0 Å². The van der Waals surface area contributed by atoms with Crippen molar-refractivity contribution in [2.45, 2.75) is 35.0 Å². The van der Waals surface area contributed by atoms with E-state index in [0.29, 0.717) is 10.3 Å². The highest BCUT2D eigenvalue weighted by atomic mass is 127. The number of hydrogen-bond donors (Lipinski definition) is 0. The molecule has 62 valence electrons. The number of rotatable bonds is 0. The predicted octanol–water partition coefficient (Wildman–Crippen LogP) is 1.61. The van der Waals surface area contributed by atoms with Gasteiger partial charge in [0.15, 0.2) is 0 Å². The third kappa shape index (κ3) is 1.06. The summed E-state index contributed by atoms with van der Waals surface area (Å²) in [7, 11) is 0. The van der Waals surface area contributed by atoms with Gasteiger partial charge in [-0.3, -0.25) is 0 Å². The van der Waals surface area contributed by atoms with Crippen molar-refractivity contribution in [3.63, 3.8) is 0 Å². The van der Waals surface area contributed by atoms with Crippen LogP contribution in [-0.4, -0.2) is 21.7 Å². The number of esters is 1. The fourth-order valence-corrected chi connectivity index (χ4v) is 2.36. The van der Waals surface area contributed by atoms with Gasteiger partial charge in [0.05, 0.1) is 0 Å². The average molecular weight is 270 g/mol. The van der Waals surface area contributed by atoms with Crippen molar-refractivity contribution >= 4 is 28.6 Å². The number of carbonyl (C=O) groups is 1. The Balaban J connectivity index is 2.24. The van der Waals surface area contributed by atoms with Crippen LogP contribution in [0.4, 0.5) is 4.39 Å². The Hall–Kier alpha value is 0.130. The maximum absolute atomic E-state index is 13.4. The molecule has 11 heavy (non-hydrogen) atoms. The van der Waals surface area contributed by atoms with Crippen LogP contribution < -0.4 is 0 Å². The monoisotopic (exact) mass is 270 g/mol. The normalized spacial score (nSPS) is 49.1. The van der Waals surface area contributed by atoms with E-state index in [1.54, 1.807) is 0 Å². The van der Waals surface area contributed by atoms with Gasteiger partial charge in [0.2, 0.25) is 5.67 Å². The molecule has 1 saturated heterocycles. The van der Waals surface area contributed by atoms with E-state index < -0.39 is 11.6 Å². The molecule has 1 aliphatic heterocycles. The molecule has 0 aromatic heterocycles. The van der Waals surface area contributed by atoms with Crippen LogP contribution in [-0.2, 0) is 9.53 Å². The lowest BCUT2D eigenvalue weighted by Gasteiger charge is -2.23. The first-order valence-corrected chi connectivity index (χ1v) is 4.90. The Morgan fingerprint density at radius 1 is 1.73 bits per heavy atom. The number of ether oxygens (including phenoxy) is 1. The summed E-state index contributed by atoms with van der Waals surface area (Å²) < 4.78 is 18.6. The minimum absolute atomic E-state index is 0.165. The number of fused-ring (bicyclic) bond motifs is 2. The van der Waals surface area contributed by atoms with Crippen LogP contribution in [0.25, 0.3) is 0 Å². The van der Waals surface area contributed by atoms with Crippen LogP contribution in [0.15, 0.2) is 0 Å². The molecule has 0 amide bonds. The van der Waals surface area contributed by atoms with Crippen molar-refractivity contribution in [1.82, 2.24) is 0 Å². The molecule has 1 saturated carbocycles. The van der Waals surface area contributed by atoms with Crippen molar-refractivity contribution in [3.05, 3.63) is 0 Å². The lowest BCUT2D eigenvalue weighted by Crippen LogP contribution is -2.33. The van der Waals surface area contributed by atoms with Crippen LogP contribution in [0.5, 0.6) is 0 Å². The highest BCUT2D eigenvalue weighted by Crippen LogP contribution is 2.43. The molecule has 2 bridgehead atoms. The molecule has 1 aliphatic carbocycles. The van der Waals surface area contributed by atoms with Gasteiger partial charge in [0, 0.05) is 10.3 Å². The molecule has 2 fully saturated rings. The van der Waals surface area contributed by atoms with Gasteiger partial charge < -0.3 is 4.74 Å². The fourth-order valence-electron chi connectivity index (χ4n) is 1.65. The van der Waals surface area contributed by atoms with Crippen LogP contribution in [0.2, 0.25) is 0 Å². The molecule has 0 radical (unpaired) electrons. The van der Waals surface area contributed by atoms with Gasteiger partial charge in [0.1, 0.15) is 6.10 Å². The maximum atomic E-state index is 13.4. The molecule has 3 atom stereocenters. The number of halogens is 2. The summed E-state index contributed by atoms with van der Waals surface area (Å²) in [5.74, 6) is -0.637. The van der Waals surface area contributed by atoms with E-state index in [2.05, 4.69) is 22.6 Å².